The van der Waals surface area contributed by atoms with Gasteiger partial charge in [0.1, 0.15) is 11.4 Å². The Morgan fingerprint density at radius 3 is 2.35 bits per heavy atom. The number of benzene rings is 2. The maximum atomic E-state index is 13.2. The normalized spacial score (nSPS) is 13.4. The molecule has 4 aromatic rings. The van der Waals surface area contributed by atoms with Gasteiger partial charge >= 0.3 is 0 Å². The molecule has 1 saturated carbocycles. The van der Waals surface area contributed by atoms with Crippen LogP contribution in [-0.2, 0) is 13.0 Å². The van der Waals surface area contributed by atoms with Gasteiger partial charge in [0.05, 0.1) is 18.5 Å². The number of amides is 1. The minimum Gasteiger partial charge on any atom is -0.494 e. The quantitative estimate of drug-likeness (QED) is 0.278. The van der Waals surface area contributed by atoms with E-state index in [2.05, 4.69) is 28.8 Å². The molecule has 0 aliphatic heterocycles. The van der Waals surface area contributed by atoms with Crippen LogP contribution in [0.2, 0.25) is 0 Å². The predicted octanol–water partition coefficient (Wildman–Crippen LogP) is 6.17. The van der Waals surface area contributed by atoms with Crippen LogP contribution in [0, 0.1) is 5.92 Å². The van der Waals surface area contributed by atoms with Gasteiger partial charge in [-0.1, -0.05) is 18.6 Å². The summed E-state index contributed by atoms with van der Waals surface area (Å²) in [5, 5.41) is 1.07. The molecule has 1 fully saturated rings. The van der Waals surface area contributed by atoms with Gasteiger partial charge < -0.3 is 19.1 Å². The van der Waals surface area contributed by atoms with Gasteiger partial charge in [0.2, 0.25) is 0 Å². The van der Waals surface area contributed by atoms with Crippen LogP contribution in [0.1, 0.15) is 47.8 Å². The highest BCUT2D eigenvalue weighted by molar-refractivity contribution is 6.06. The van der Waals surface area contributed by atoms with E-state index in [4.69, 9.17) is 9.72 Å². The summed E-state index contributed by atoms with van der Waals surface area (Å²) in [6.07, 6.45) is 6.54. The second kappa shape index (κ2) is 10.7. The van der Waals surface area contributed by atoms with Crippen molar-refractivity contribution in [3.63, 3.8) is 0 Å². The molecule has 2 heterocycles. The lowest BCUT2D eigenvalue weighted by atomic mass is 9.85. The Kier molecular flexibility index (Phi) is 7.17. The summed E-state index contributed by atoms with van der Waals surface area (Å²) in [7, 11) is 5.80. The Morgan fingerprint density at radius 1 is 1.00 bits per heavy atom. The first kappa shape index (κ1) is 24.9. The minimum atomic E-state index is -0.0463. The van der Waals surface area contributed by atoms with E-state index in [9.17, 15) is 4.79 Å². The fourth-order valence-electron chi connectivity index (χ4n) is 4.95. The van der Waals surface area contributed by atoms with E-state index in [1.807, 2.05) is 75.6 Å². The van der Waals surface area contributed by atoms with Crippen molar-refractivity contribution in [2.45, 2.75) is 39.2 Å². The summed E-state index contributed by atoms with van der Waals surface area (Å²) < 4.78 is 8.00. The van der Waals surface area contributed by atoms with Crippen LogP contribution in [0.15, 0.2) is 66.9 Å². The Morgan fingerprint density at radius 2 is 1.73 bits per heavy atom. The molecule has 0 bridgehead atoms. The van der Waals surface area contributed by atoms with Crippen molar-refractivity contribution >= 4 is 28.3 Å². The predicted molar refractivity (Wildman–Crippen MR) is 151 cm³/mol. The molecule has 37 heavy (non-hydrogen) atoms. The summed E-state index contributed by atoms with van der Waals surface area (Å²) in [5.74, 6) is 1.57. The van der Waals surface area contributed by atoms with Crippen molar-refractivity contribution in [1.82, 2.24) is 9.55 Å². The fourth-order valence-corrected chi connectivity index (χ4v) is 4.95. The summed E-state index contributed by atoms with van der Waals surface area (Å²) in [4.78, 5) is 21.8. The topological polar surface area (TPSA) is 50.6 Å². The third kappa shape index (κ3) is 5.33. The number of nitrogens with zero attached hydrogens (tertiary/aromatic N) is 4. The number of hydrogen-bond donors (Lipinski definition) is 0. The zero-order valence-corrected chi connectivity index (χ0v) is 22.3. The smallest absolute Gasteiger partial charge is 0.258 e. The summed E-state index contributed by atoms with van der Waals surface area (Å²) in [6, 6.07) is 20.4. The number of pyridine rings is 1. The van der Waals surface area contributed by atoms with Crippen LogP contribution < -0.4 is 14.5 Å². The Balaban J connectivity index is 1.43. The average molecular weight is 497 g/mol. The SMILES string of the molecule is CCOc1ccc(Cc2cc3cc(N(C)C(=O)c4ccc(N(C)C)cc4)cnc3n2CC2CCC2)cc1. The van der Waals surface area contributed by atoms with Gasteiger partial charge in [0, 0.05) is 56.4 Å². The maximum Gasteiger partial charge on any atom is 0.258 e. The molecular formula is C31H36N4O2. The highest BCUT2D eigenvalue weighted by Crippen LogP contribution is 2.32. The summed E-state index contributed by atoms with van der Waals surface area (Å²) in [5.41, 5.74) is 6.01. The molecule has 2 aromatic heterocycles. The molecule has 0 spiro atoms. The molecule has 192 valence electrons. The molecule has 0 radical (unpaired) electrons. The van der Waals surface area contributed by atoms with Crippen molar-refractivity contribution in [1.29, 1.82) is 0 Å². The second-order valence-corrected chi connectivity index (χ2v) is 10.2. The fraction of sp³-hybridized carbons (Fsp3) is 0.355. The van der Waals surface area contributed by atoms with E-state index >= 15 is 0 Å². The molecule has 2 aromatic carbocycles. The maximum absolute atomic E-state index is 13.2. The largest absolute Gasteiger partial charge is 0.494 e. The first-order valence-electron chi connectivity index (χ1n) is 13.2. The van der Waals surface area contributed by atoms with E-state index in [0.717, 1.165) is 41.1 Å². The molecule has 0 unspecified atom stereocenters. The van der Waals surface area contributed by atoms with Crippen molar-refractivity contribution in [2.75, 3.05) is 37.5 Å². The lowest BCUT2D eigenvalue weighted by molar-refractivity contribution is 0.0993. The van der Waals surface area contributed by atoms with E-state index in [0.29, 0.717) is 18.1 Å². The molecule has 1 aliphatic carbocycles. The van der Waals surface area contributed by atoms with Gasteiger partial charge in [-0.05, 0) is 79.8 Å². The molecule has 0 saturated heterocycles. The Labute approximate surface area is 219 Å². The standard InChI is InChI=1S/C31H36N4O2/c1-5-37-29-15-9-22(10-16-29)17-27-18-25-19-28(20-32-30(25)35(27)21-23-7-6-8-23)34(4)31(36)24-11-13-26(14-12-24)33(2)3/h9-16,18-20,23H,5-8,17,21H2,1-4H3. The van der Waals surface area contributed by atoms with Gasteiger partial charge in [-0.15, -0.1) is 0 Å². The number of carbonyl (C=O) groups is 1. The molecule has 0 atom stereocenters. The highest BCUT2D eigenvalue weighted by Gasteiger charge is 2.22. The molecule has 0 N–H and O–H groups in total. The van der Waals surface area contributed by atoms with Crippen molar-refractivity contribution in [2.24, 2.45) is 5.92 Å². The van der Waals surface area contributed by atoms with Crippen LogP contribution in [0.4, 0.5) is 11.4 Å². The van der Waals surface area contributed by atoms with Crippen LogP contribution in [0.25, 0.3) is 11.0 Å². The van der Waals surface area contributed by atoms with Gasteiger partial charge in [-0.3, -0.25) is 4.79 Å². The van der Waals surface area contributed by atoms with Gasteiger partial charge in [0.15, 0.2) is 0 Å². The Bertz CT molecular complexity index is 1370. The Hall–Kier alpha value is -3.80. The monoisotopic (exact) mass is 496 g/mol. The van der Waals surface area contributed by atoms with Crippen LogP contribution in [-0.4, -0.2) is 43.2 Å². The molecular weight excluding hydrogens is 460 g/mol. The van der Waals surface area contributed by atoms with E-state index in [1.54, 1.807) is 4.90 Å². The average Bonchev–Trinajstić information content (AvgIpc) is 3.22. The van der Waals surface area contributed by atoms with Crippen LogP contribution in [0.5, 0.6) is 5.75 Å². The van der Waals surface area contributed by atoms with E-state index < -0.39 is 0 Å². The first-order valence-corrected chi connectivity index (χ1v) is 13.2. The molecule has 1 amide bonds. The molecule has 6 nitrogen and oxygen atoms in total. The summed E-state index contributed by atoms with van der Waals surface area (Å²) >= 11 is 0. The molecule has 5 rings (SSSR count). The summed E-state index contributed by atoms with van der Waals surface area (Å²) in [6.45, 7) is 3.66. The number of ether oxygens (including phenoxy) is 1. The number of fused-ring (bicyclic) bond motifs is 1. The van der Waals surface area contributed by atoms with Crippen molar-refractivity contribution in [3.05, 3.63) is 83.7 Å². The lowest BCUT2D eigenvalue weighted by Gasteiger charge is -2.27. The number of aromatic nitrogens is 2. The number of carbonyl (C=O) groups excluding carboxylic acids is 1. The third-order valence-electron chi connectivity index (χ3n) is 7.41. The van der Waals surface area contributed by atoms with Crippen LogP contribution >= 0.6 is 0 Å². The number of hydrogen-bond acceptors (Lipinski definition) is 4. The van der Waals surface area contributed by atoms with Gasteiger partial charge in [-0.2, -0.15) is 0 Å². The van der Waals surface area contributed by atoms with Gasteiger partial charge in [-0.25, -0.2) is 4.98 Å². The van der Waals surface area contributed by atoms with E-state index in [1.165, 1.54) is 30.5 Å². The van der Waals surface area contributed by atoms with Crippen molar-refractivity contribution < 1.29 is 9.53 Å². The zero-order valence-electron chi connectivity index (χ0n) is 22.3. The first-order chi connectivity index (χ1) is 17.9. The van der Waals surface area contributed by atoms with E-state index in [-0.39, 0.29) is 5.91 Å². The van der Waals surface area contributed by atoms with Crippen molar-refractivity contribution in [3.8, 4) is 5.75 Å². The highest BCUT2D eigenvalue weighted by atomic mass is 16.5. The zero-order chi connectivity index (χ0) is 25.9. The molecule has 6 heteroatoms. The second-order valence-electron chi connectivity index (χ2n) is 10.2. The van der Waals surface area contributed by atoms with Crippen LogP contribution in [0.3, 0.4) is 0 Å². The number of rotatable bonds is 9. The lowest BCUT2D eigenvalue weighted by Crippen LogP contribution is -2.26. The third-order valence-corrected chi connectivity index (χ3v) is 7.41. The minimum absolute atomic E-state index is 0.0463. The molecule has 1 aliphatic rings. The van der Waals surface area contributed by atoms with Gasteiger partial charge in [0.25, 0.3) is 5.91 Å². The number of anilines is 2.